The van der Waals surface area contributed by atoms with Gasteiger partial charge in [-0.1, -0.05) is 0 Å². The van der Waals surface area contributed by atoms with Gasteiger partial charge >= 0.3 is 0 Å². The summed E-state index contributed by atoms with van der Waals surface area (Å²) in [5.41, 5.74) is 6.29. The number of rotatable bonds is 4. The molecule has 0 amide bonds. The molecule has 1 saturated heterocycles. The average molecular weight is 251 g/mol. The number of hydrogen-bond acceptors (Lipinski definition) is 4. The van der Waals surface area contributed by atoms with Crippen LogP contribution in [0.4, 0.5) is 5.69 Å². The lowest BCUT2D eigenvalue weighted by molar-refractivity contribution is 0.129. The molecule has 5 nitrogen and oxygen atoms in total. The van der Waals surface area contributed by atoms with Crippen molar-refractivity contribution in [2.24, 2.45) is 5.92 Å². The number of anilines is 1. The Morgan fingerprint density at radius 3 is 2.67 bits per heavy atom. The van der Waals surface area contributed by atoms with Crippen LogP contribution in [0.15, 0.2) is 23.1 Å². The fourth-order valence-electron chi connectivity index (χ4n) is 2.37. The smallest absolute Gasteiger partial charge is 0.250 e. The number of aromatic nitrogens is 1. The summed E-state index contributed by atoms with van der Waals surface area (Å²) in [6, 6.07) is 3.14. The maximum Gasteiger partial charge on any atom is 0.250 e. The Hall–Kier alpha value is -1.33. The molecular weight excluding hydrogens is 230 g/mol. The fourth-order valence-corrected chi connectivity index (χ4v) is 2.37. The molecule has 2 heterocycles. The topological polar surface area (TPSA) is 71.5 Å². The minimum atomic E-state index is -0.00514. The summed E-state index contributed by atoms with van der Waals surface area (Å²) in [5.74, 6) is 0.455. The monoisotopic (exact) mass is 251 g/mol. The summed E-state index contributed by atoms with van der Waals surface area (Å²) in [5, 5.41) is 9.07. The molecule has 1 aromatic rings. The molecule has 1 aliphatic heterocycles. The van der Waals surface area contributed by atoms with Crippen LogP contribution in [-0.2, 0) is 6.54 Å². The minimum Gasteiger partial charge on any atom is -0.398 e. The van der Waals surface area contributed by atoms with Gasteiger partial charge in [0.05, 0.1) is 0 Å². The first-order valence-corrected chi connectivity index (χ1v) is 6.48. The highest BCUT2D eigenvalue weighted by atomic mass is 16.3. The molecule has 0 aromatic carbocycles. The van der Waals surface area contributed by atoms with Gasteiger partial charge in [0.1, 0.15) is 0 Å². The van der Waals surface area contributed by atoms with Crippen molar-refractivity contribution in [3.05, 3.63) is 28.7 Å². The van der Waals surface area contributed by atoms with E-state index in [9.17, 15) is 4.79 Å². The van der Waals surface area contributed by atoms with E-state index in [1.807, 2.05) is 0 Å². The summed E-state index contributed by atoms with van der Waals surface area (Å²) >= 11 is 0. The Morgan fingerprint density at radius 1 is 1.28 bits per heavy atom. The molecular formula is C13H21N3O2. The second-order valence-electron chi connectivity index (χ2n) is 4.96. The zero-order chi connectivity index (χ0) is 13.0. The lowest BCUT2D eigenvalue weighted by atomic mass is 9.98. The van der Waals surface area contributed by atoms with Gasteiger partial charge in [-0.15, -0.1) is 0 Å². The van der Waals surface area contributed by atoms with Crippen LogP contribution in [0.2, 0.25) is 0 Å². The Kier molecular flexibility index (Phi) is 4.38. The third-order valence-corrected chi connectivity index (χ3v) is 3.63. The summed E-state index contributed by atoms with van der Waals surface area (Å²) in [6.45, 7) is 3.84. The largest absolute Gasteiger partial charge is 0.398 e. The van der Waals surface area contributed by atoms with Gasteiger partial charge < -0.3 is 20.3 Å². The van der Waals surface area contributed by atoms with Gasteiger partial charge in [0.2, 0.25) is 0 Å². The van der Waals surface area contributed by atoms with E-state index in [0.29, 0.717) is 24.8 Å². The van der Waals surface area contributed by atoms with E-state index in [-0.39, 0.29) is 5.56 Å². The zero-order valence-electron chi connectivity index (χ0n) is 10.6. The Balaban J connectivity index is 1.85. The second-order valence-corrected chi connectivity index (χ2v) is 4.96. The number of aliphatic hydroxyl groups is 1. The number of aliphatic hydroxyl groups excluding tert-OH is 1. The van der Waals surface area contributed by atoms with E-state index in [2.05, 4.69) is 4.90 Å². The van der Waals surface area contributed by atoms with E-state index in [1.54, 1.807) is 16.8 Å². The molecule has 0 atom stereocenters. The maximum absolute atomic E-state index is 11.6. The normalized spacial score (nSPS) is 18.1. The number of pyridine rings is 1. The maximum atomic E-state index is 11.6. The van der Waals surface area contributed by atoms with Crippen molar-refractivity contribution in [3.8, 4) is 0 Å². The van der Waals surface area contributed by atoms with Gasteiger partial charge in [0.25, 0.3) is 5.56 Å². The highest BCUT2D eigenvalue weighted by Gasteiger charge is 2.17. The molecule has 0 unspecified atom stereocenters. The van der Waals surface area contributed by atoms with E-state index >= 15 is 0 Å². The molecule has 1 aromatic heterocycles. The number of nitrogens with zero attached hydrogens (tertiary/aromatic N) is 2. The van der Waals surface area contributed by atoms with Gasteiger partial charge in [-0.05, 0) is 37.9 Å². The third kappa shape index (κ3) is 3.34. The number of piperidine rings is 1. The Bertz CT molecular complexity index is 436. The van der Waals surface area contributed by atoms with Crippen LogP contribution >= 0.6 is 0 Å². The predicted octanol–water partition coefficient (Wildman–Crippen LogP) is 0.135. The van der Waals surface area contributed by atoms with Crippen LogP contribution in [0.1, 0.15) is 12.8 Å². The first kappa shape index (κ1) is 13.1. The van der Waals surface area contributed by atoms with E-state index < -0.39 is 0 Å². The zero-order valence-corrected chi connectivity index (χ0v) is 10.6. The first-order valence-electron chi connectivity index (χ1n) is 6.48. The summed E-state index contributed by atoms with van der Waals surface area (Å²) in [6.07, 6.45) is 3.79. The highest BCUT2D eigenvalue weighted by molar-refractivity contribution is 5.33. The SMILES string of the molecule is Nc1ccc(=O)n(CCN2CCC(CO)CC2)c1. The van der Waals surface area contributed by atoms with Crippen molar-refractivity contribution in [2.45, 2.75) is 19.4 Å². The van der Waals surface area contributed by atoms with Crippen LogP contribution in [0.3, 0.4) is 0 Å². The molecule has 1 fully saturated rings. The van der Waals surface area contributed by atoms with E-state index in [4.69, 9.17) is 10.8 Å². The number of nitrogen functional groups attached to an aromatic ring is 1. The molecule has 3 N–H and O–H groups in total. The van der Waals surface area contributed by atoms with Crippen molar-refractivity contribution >= 4 is 5.69 Å². The molecule has 0 aliphatic carbocycles. The van der Waals surface area contributed by atoms with Crippen molar-refractivity contribution in [1.82, 2.24) is 9.47 Å². The van der Waals surface area contributed by atoms with Gasteiger partial charge in [-0.2, -0.15) is 0 Å². The van der Waals surface area contributed by atoms with Gasteiger partial charge in [0.15, 0.2) is 0 Å². The Labute approximate surface area is 107 Å². The average Bonchev–Trinajstić information content (AvgIpc) is 2.40. The van der Waals surface area contributed by atoms with Crippen molar-refractivity contribution in [3.63, 3.8) is 0 Å². The lowest BCUT2D eigenvalue weighted by Gasteiger charge is -2.31. The molecule has 18 heavy (non-hydrogen) atoms. The van der Waals surface area contributed by atoms with Gasteiger partial charge in [-0.25, -0.2) is 0 Å². The van der Waals surface area contributed by atoms with Crippen LogP contribution in [0.5, 0.6) is 0 Å². The van der Waals surface area contributed by atoms with Gasteiger partial charge in [-0.3, -0.25) is 4.79 Å². The third-order valence-electron chi connectivity index (χ3n) is 3.63. The van der Waals surface area contributed by atoms with E-state index in [0.717, 1.165) is 32.5 Å². The predicted molar refractivity (Wildman–Crippen MR) is 71.4 cm³/mol. The molecule has 0 saturated carbocycles. The number of likely N-dealkylation sites (tertiary alicyclic amines) is 1. The van der Waals surface area contributed by atoms with Crippen LogP contribution in [0, 0.1) is 5.92 Å². The highest BCUT2D eigenvalue weighted by Crippen LogP contribution is 2.15. The molecule has 0 bridgehead atoms. The lowest BCUT2D eigenvalue weighted by Crippen LogP contribution is -2.37. The molecule has 2 rings (SSSR count). The minimum absolute atomic E-state index is 0.00514. The molecule has 1 aliphatic rings. The second kappa shape index (κ2) is 6.02. The molecule has 0 spiro atoms. The fraction of sp³-hybridized carbons (Fsp3) is 0.615. The van der Waals surface area contributed by atoms with Crippen LogP contribution in [-0.4, -0.2) is 40.8 Å². The standard InChI is InChI=1S/C13H21N3O2/c14-12-1-2-13(18)16(9-12)8-7-15-5-3-11(10-17)4-6-15/h1-2,9,11,17H,3-8,10,14H2. The van der Waals surface area contributed by atoms with Crippen molar-refractivity contribution < 1.29 is 5.11 Å². The van der Waals surface area contributed by atoms with Crippen molar-refractivity contribution in [2.75, 3.05) is 32.0 Å². The van der Waals surface area contributed by atoms with Crippen LogP contribution in [0.25, 0.3) is 0 Å². The quantitative estimate of drug-likeness (QED) is 0.798. The number of hydrogen-bond donors (Lipinski definition) is 2. The van der Waals surface area contributed by atoms with Gasteiger partial charge in [0, 0.05) is 37.6 Å². The van der Waals surface area contributed by atoms with Crippen LogP contribution < -0.4 is 11.3 Å². The summed E-state index contributed by atoms with van der Waals surface area (Å²) in [7, 11) is 0. The first-order chi connectivity index (χ1) is 8.69. The molecule has 0 radical (unpaired) electrons. The number of nitrogens with two attached hydrogens (primary N) is 1. The molecule has 5 heteroatoms. The molecule has 100 valence electrons. The summed E-state index contributed by atoms with van der Waals surface area (Å²) < 4.78 is 1.66. The summed E-state index contributed by atoms with van der Waals surface area (Å²) in [4.78, 5) is 13.9. The van der Waals surface area contributed by atoms with E-state index in [1.165, 1.54) is 6.07 Å². The Morgan fingerprint density at radius 2 is 2.00 bits per heavy atom. The van der Waals surface area contributed by atoms with Crippen molar-refractivity contribution in [1.29, 1.82) is 0 Å².